The predicted molar refractivity (Wildman–Crippen MR) is 67.6 cm³/mol. The van der Waals surface area contributed by atoms with Gasteiger partial charge in [0.25, 0.3) is 0 Å². The SMILES string of the molecule is Cc1nc(Oc2cccc(N)c2)ccc1Br. The Labute approximate surface area is 102 Å². The second-order valence-corrected chi connectivity index (χ2v) is 4.25. The summed E-state index contributed by atoms with van der Waals surface area (Å²) in [6, 6.07) is 11.0. The number of rotatable bonds is 2. The molecule has 0 radical (unpaired) electrons. The topological polar surface area (TPSA) is 48.1 Å². The van der Waals surface area contributed by atoms with Gasteiger partial charge in [0.2, 0.25) is 5.88 Å². The van der Waals surface area contributed by atoms with Gasteiger partial charge in [-0.2, -0.15) is 0 Å². The molecule has 2 rings (SSSR count). The number of nitrogens with two attached hydrogens (primary N) is 1. The molecule has 82 valence electrons. The lowest BCUT2D eigenvalue weighted by molar-refractivity contribution is 0.461. The van der Waals surface area contributed by atoms with Crippen LogP contribution in [0.25, 0.3) is 0 Å². The zero-order valence-corrected chi connectivity index (χ0v) is 10.4. The molecular weight excluding hydrogens is 268 g/mol. The maximum absolute atomic E-state index is 5.66. The van der Waals surface area contributed by atoms with Gasteiger partial charge in [0.15, 0.2) is 0 Å². The summed E-state index contributed by atoms with van der Waals surface area (Å²) < 4.78 is 6.55. The third-order valence-corrected chi connectivity index (χ3v) is 2.91. The van der Waals surface area contributed by atoms with Crippen molar-refractivity contribution in [3.63, 3.8) is 0 Å². The van der Waals surface area contributed by atoms with Crippen LogP contribution in [0.5, 0.6) is 11.6 Å². The van der Waals surface area contributed by atoms with Crippen LogP contribution in [-0.2, 0) is 0 Å². The fourth-order valence-corrected chi connectivity index (χ4v) is 1.50. The zero-order chi connectivity index (χ0) is 11.5. The molecule has 0 atom stereocenters. The molecule has 2 N–H and O–H groups in total. The number of hydrogen-bond donors (Lipinski definition) is 1. The maximum atomic E-state index is 5.66. The highest BCUT2D eigenvalue weighted by molar-refractivity contribution is 9.10. The molecule has 1 aromatic heterocycles. The van der Waals surface area contributed by atoms with Gasteiger partial charge in [-0.05, 0) is 41.1 Å². The van der Waals surface area contributed by atoms with Crippen molar-refractivity contribution in [2.24, 2.45) is 0 Å². The Hall–Kier alpha value is -1.55. The molecule has 1 heterocycles. The van der Waals surface area contributed by atoms with Gasteiger partial charge in [-0.1, -0.05) is 6.07 Å². The third kappa shape index (κ3) is 2.52. The van der Waals surface area contributed by atoms with Crippen molar-refractivity contribution in [2.75, 3.05) is 5.73 Å². The first-order valence-corrected chi connectivity index (χ1v) is 5.61. The average Bonchev–Trinajstić information content (AvgIpc) is 2.24. The van der Waals surface area contributed by atoms with Gasteiger partial charge in [0.1, 0.15) is 5.75 Å². The zero-order valence-electron chi connectivity index (χ0n) is 8.77. The molecule has 0 spiro atoms. The molecule has 4 heteroatoms. The van der Waals surface area contributed by atoms with Crippen LogP contribution < -0.4 is 10.5 Å². The number of nitrogens with zero attached hydrogens (tertiary/aromatic N) is 1. The Balaban J connectivity index is 2.24. The molecule has 0 saturated heterocycles. The minimum absolute atomic E-state index is 0.561. The molecule has 0 aliphatic rings. The largest absolute Gasteiger partial charge is 0.439 e. The molecule has 0 amide bonds. The summed E-state index contributed by atoms with van der Waals surface area (Å²) in [5.41, 5.74) is 7.22. The molecule has 16 heavy (non-hydrogen) atoms. The van der Waals surface area contributed by atoms with E-state index in [-0.39, 0.29) is 0 Å². The van der Waals surface area contributed by atoms with E-state index in [1.54, 1.807) is 12.1 Å². The fourth-order valence-electron chi connectivity index (χ4n) is 1.28. The Bertz CT molecular complexity index is 514. The Morgan fingerprint density at radius 1 is 1.25 bits per heavy atom. The second-order valence-electron chi connectivity index (χ2n) is 3.39. The Morgan fingerprint density at radius 3 is 2.75 bits per heavy atom. The van der Waals surface area contributed by atoms with Crippen LogP contribution in [0.3, 0.4) is 0 Å². The standard InChI is InChI=1S/C12H11BrN2O/c1-8-11(13)5-6-12(15-8)16-10-4-2-3-9(14)7-10/h2-7H,14H2,1H3. The first-order valence-electron chi connectivity index (χ1n) is 4.82. The maximum Gasteiger partial charge on any atom is 0.219 e. The smallest absolute Gasteiger partial charge is 0.219 e. The highest BCUT2D eigenvalue weighted by Crippen LogP contribution is 2.23. The van der Waals surface area contributed by atoms with Crippen LogP contribution in [0.1, 0.15) is 5.69 Å². The predicted octanol–water partition coefficient (Wildman–Crippen LogP) is 3.53. The summed E-state index contributed by atoms with van der Waals surface area (Å²) in [5, 5.41) is 0. The highest BCUT2D eigenvalue weighted by Gasteiger charge is 2.01. The normalized spacial score (nSPS) is 10.1. The van der Waals surface area contributed by atoms with Gasteiger partial charge in [-0.3, -0.25) is 0 Å². The first kappa shape index (κ1) is 11.0. The summed E-state index contributed by atoms with van der Waals surface area (Å²) in [6.07, 6.45) is 0. The van der Waals surface area contributed by atoms with E-state index in [0.717, 1.165) is 10.2 Å². The summed E-state index contributed by atoms with van der Waals surface area (Å²) >= 11 is 3.39. The summed E-state index contributed by atoms with van der Waals surface area (Å²) in [5.74, 6) is 1.25. The van der Waals surface area contributed by atoms with Crippen LogP contribution in [-0.4, -0.2) is 4.98 Å². The van der Waals surface area contributed by atoms with Crippen molar-refractivity contribution in [1.29, 1.82) is 0 Å². The molecule has 0 aliphatic heterocycles. The Kier molecular flexibility index (Phi) is 3.10. The van der Waals surface area contributed by atoms with Crippen LogP contribution in [0.15, 0.2) is 40.9 Å². The highest BCUT2D eigenvalue weighted by atomic mass is 79.9. The lowest BCUT2D eigenvalue weighted by Gasteiger charge is -2.06. The van der Waals surface area contributed by atoms with Crippen LogP contribution in [0, 0.1) is 6.92 Å². The third-order valence-electron chi connectivity index (χ3n) is 2.08. The van der Waals surface area contributed by atoms with Crippen LogP contribution in [0.2, 0.25) is 0 Å². The van der Waals surface area contributed by atoms with Crippen LogP contribution >= 0.6 is 15.9 Å². The van der Waals surface area contributed by atoms with Crippen molar-refractivity contribution in [1.82, 2.24) is 4.98 Å². The molecule has 1 aromatic carbocycles. The number of aryl methyl sites for hydroxylation is 1. The molecule has 0 saturated carbocycles. The second kappa shape index (κ2) is 4.53. The molecule has 0 unspecified atom stereocenters. The van der Waals surface area contributed by atoms with Gasteiger partial charge >= 0.3 is 0 Å². The van der Waals surface area contributed by atoms with E-state index in [0.29, 0.717) is 17.3 Å². The number of anilines is 1. The Morgan fingerprint density at radius 2 is 2.06 bits per heavy atom. The van der Waals surface area contributed by atoms with Gasteiger partial charge in [-0.15, -0.1) is 0 Å². The first-order chi connectivity index (χ1) is 7.65. The van der Waals surface area contributed by atoms with Gasteiger partial charge in [0.05, 0.1) is 5.69 Å². The molecule has 0 aliphatic carbocycles. The molecule has 0 bridgehead atoms. The minimum Gasteiger partial charge on any atom is -0.439 e. The van der Waals surface area contributed by atoms with Gasteiger partial charge < -0.3 is 10.5 Å². The number of nitrogen functional groups attached to an aromatic ring is 1. The van der Waals surface area contributed by atoms with Crippen molar-refractivity contribution in [3.8, 4) is 11.6 Å². The van der Waals surface area contributed by atoms with E-state index in [1.165, 1.54) is 0 Å². The number of aromatic nitrogens is 1. The minimum atomic E-state index is 0.561. The quantitative estimate of drug-likeness (QED) is 0.855. The van der Waals surface area contributed by atoms with E-state index >= 15 is 0 Å². The van der Waals surface area contributed by atoms with Crippen molar-refractivity contribution in [3.05, 3.63) is 46.6 Å². The number of benzene rings is 1. The van der Waals surface area contributed by atoms with Crippen molar-refractivity contribution in [2.45, 2.75) is 6.92 Å². The molecule has 3 nitrogen and oxygen atoms in total. The molecule has 2 aromatic rings. The van der Waals surface area contributed by atoms with Gasteiger partial charge in [-0.25, -0.2) is 4.98 Å². The van der Waals surface area contributed by atoms with E-state index in [2.05, 4.69) is 20.9 Å². The number of ether oxygens (including phenoxy) is 1. The monoisotopic (exact) mass is 278 g/mol. The van der Waals surface area contributed by atoms with E-state index in [1.807, 2.05) is 31.2 Å². The van der Waals surface area contributed by atoms with Crippen molar-refractivity contribution < 1.29 is 4.74 Å². The van der Waals surface area contributed by atoms with Crippen molar-refractivity contribution >= 4 is 21.6 Å². The van der Waals surface area contributed by atoms with Gasteiger partial charge in [0, 0.05) is 22.3 Å². The fraction of sp³-hybridized carbons (Fsp3) is 0.0833. The summed E-state index contributed by atoms with van der Waals surface area (Å²) in [7, 11) is 0. The molecule has 0 fully saturated rings. The lowest BCUT2D eigenvalue weighted by atomic mass is 10.3. The van der Waals surface area contributed by atoms with E-state index in [4.69, 9.17) is 10.5 Å². The summed E-state index contributed by atoms with van der Waals surface area (Å²) in [4.78, 5) is 4.29. The summed E-state index contributed by atoms with van der Waals surface area (Å²) in [6.45, 7) is 1.91. The average molecular weight is 279 g/mol. The number of pyridine rings is 1. The van der Waals surface area contributed by atoms with E-state index < -0.39 is 0 Å². The number of halogens is 1. The number of hydrogen-bond acceptors (Lipinski definition) is 3. The molecular formula is C12H11BrN2O. The lowest BCUT2D eigenvalue weighted by Crippen LogP contribution is -1.91. The van der Waals surface area contributed by atoms with E-state index in [9.17, 15) is 0 Å². The van der Waals surface area contributed by atoms with Crippen LogP contribution in [0.4, 0.5) is 5.69 Å².